The number of carbonyl (C=O) groups excluding carboxylic acids is 1. The molecule has 0 spiro atoms. The lowest BCUT2D eigenvalue weighted by Crippen LogP contribution is -2.44. The van der Waals surface area contributed by atoms with Gasteiger partial charge in [0.1, 0.15) is 11.1 Å². The van der Waals surface area contributed by atoms with E-state index in [1.807, 2.05) is 18.3 Å². The predicted molar refractivity (Wildman–Crippen MR) is 121 cm³/mol. The number of H-pyrrole nitrogens is 1. The highest BCUT2D eigenvalue weighted by Gasteiger charge is 2.21. The van der Waals surface area contributed by atoms with Crippen molar-refractivity contribution >= 4 is 33.3 Å². The molecule has 0 bridgehead atoms. The number of fused-ring (bicyclic) bond motifs is 1. The van der Waals surface area contributed by atoms with Crippen molar-refractivity contribution in [2.24, 2.45) is 0 Å². The molecule has 1 aliphatic rings. The topological polar surface area (TPSA) is 73.5 Å². The van der Waals surface area contributed by atoms with Crippen molar-refractivity contribution in [2.75, 3.05) is 44.7 Å². The third kappa shape index (κ3) is 4.83. The Morgan fingerprint density at radius 3 is 2.90 bits per heavy atom. The van der Waals surface area contributed by atoms with Crippen molar-refractivity contribution in [1.82, 2.24) is 20.2 Å². The van der Waals surface area contributed by atoms with Gasteiger partial charge in [-0.2, -0.15) is 0 Å². The quantitative estimate of drug-likeness (QED) is 0.541. The summed E-state index contributed by atoms with van der Waals surface area (Å²) < 4.78 is 5.96. The lowest BCUT2D eigenvalue weighted by atomic mass is 10.1. The zero-order valence-electron chi connectivity index (χ0n) is 17.6. The number of nitrogens with one attached hydrogen (secondary N) is 2. The first kappa shape index (κ1) is 20.8. The molecule has 2 N–H and O–H groups in total. The molecular formula is C22H29N5O2S. The van der Waals surface area contributed by atoms with Crippen LogP contribution < -0.4 is 10.2 Å². The Bertz CT molecular complexity index is 977. The van der Waals surface area contributed by atoms with Crippen LogP contribution in [0, 0.1) is 0 Å². The fourth-order valence-corrected chi connectivity index (χ4v) is 4.51. The molecule has 1 aromatic carbocycles. The number of hydrogen-bond donors (Lipinski definition) is 2. The Hall–Kier alpha value is -2.42. The second kappa shape index (κ2) is 9.59. The van der Waals surface area contributed by atoms with Gasteiger partial charge in [0.2, 0.25) is 0 Å². The minimum atomic E-state index is -0.383. The summed E-state index contributed by atoms with van der Waals surface area (Å²) in [6.07, 6.45) is 4.80. The summed E-state index contributed by atoms with van der Waals surface area (Å²) in [5.41, 5.74) is 2.22. The highest BCUT2D eigenvalue weighted by atomic mass is 32.1. The van der Waals surface area contributed by atoms with E-state index in [4.69, 9.17) is 4.74 Å². The molecular weight excluding hydrogens is 398 g/mol. The molecule has 4 rings (SSSR count). The van der Waals surface area contributed by atoms with E-state index in [0.29, 0.717) is 17.9 Å². The second-order valence-electron chi connectivity index (χ2n) is 7.69. The minimum absolute atomic E-state index is 0.131. The van der Waals surface area contributed by atoms with Gasteiger partial charge in [-0.05, 0) is 25.1 Å². The van der Waals surface area contributed by atoms with Crippen LogP contribution in [-0.2, 0) is 11.2 Å². The SMILES string of the molecule is CCCOC(Cc1c[nH]c2ccccc12)NC(=O)c1cnc(N2CCN(C)CC2)s1. The van der Waals surface area contributed by atoms with Crippen LogP contribution in [0.4, 0.5) is 5.13 Å². The molecule has 1 unspecified atom stereocenters. The van der Waals surface area contributed by atoms with E-state index in [1.165, 1.54) is 11.3 Å². The average Bonchev–Trinajstić information content (AvgIpc) is 3.40. The van der Waals surface area contributed by atoms with Crippen LogP contribution >= 0.6 is 11.3 Å². The Kier molecular flexibility index (Phi) is 6.66. The molecule has 0 radical (unpaired) electrons. The van der Waals surface area contributed by atoms with Crippen molar-refractivity contribution in [2.45, 2.75) is 26.0 Å². The fourth-order valence-electron chi connectivity index (χ4n) is 3.64. The predicted octanol–water partition coefficient (Wildman–Crippen LogP) is 3.10. The number of amides is 1. The zero-order chi connectivity index (χ0) is 20.9. The maximum absolute atomic E-state index is 12.9. The standard InChI is InChI=1S/C22H29N5O2S/c1-3-12-29-20(13-16-14-23-18-7-5-4-6-17(16)18)25-21(28)19-15-24-22(30-19)27-10-8-26(2)9-11-27/h4-7,14-15,20,23H,3,8-13H2,1-2H3,(H,25,28). The van der Waals surface area contributed by atoms with Gasteiger partial charge >= 0.3 is 0 Å². The number of para-hydroxylation sites is 1. The summed E-state index contributed by atoms with van der Waals surface area (Å²) in [5.74, 6) is -0.131. The number of aromatic nitrogens is 2. The Morgan fingerprint density at radius 1 is 1.30 bits per heavy atom. The number of aromatic amines is 1. The normalized spacial score (nSPS) is 16.1. The van der Waals surface area contributed by atoms with E-state index in [9.17, 15) is 4.79 Å². The van der Waals surface area contributed by atoms with E-state index in [2.05, 4.69) is 51.2 Å². The van der Waals surface area contributed by atoms with E-state index < -0.39 is 0 Å². The molecule has 8 heteroatoms. The molecule has 3 heterocycles. The molecule has 3 aromatic rings. The summed E-state index contributed by atoms with van der Waals surface area (Å²) in [5, 5.41) is 5.14. The number of rotatable bonds is 8. The van der Waals surface area contributed by atoms with Crippen molar-refractivity contribution in [3.8, 4) is 0 Å². The van der Waals surface area contributed by atoms with Gasteiger partial charge in [-0.15, -0.1) is 0 Å². The average molecular weight is 428 g/mol. The first-order chi connectivity index (χ1) is 14.6. The summed E-state index contributed by atoms with van der Waals surface area (Å²) in [4.78, 5) is 25.9. The van der Waals surface area contributed by atoms with Gasteiger partial charge in [-0.1, -0.05) is 36.5 Å². The number of thiazole rings is 1. The number of anilines is 1. The van der Waals surface area contributed by atoms with Crippen molar-refractivity contribution in [3.63, 3.8) is 0 Å². The summed E-state index contributed by atoms with van der Waals surface area (Å²) in [6, 6.07) is 8.18. The Morgan fingerprint density at radius 2 is 2.10 bits per heavy atom. The molecule has 30 heavy (non-hydrogen) atoms. The maximum atomic E-state index is 12.9. The molecule has 0 aliphatic carbocycles. The molecule has 1 fully saturated rings. The van der Waals surface area contributed by atoms with Crippen molar-refractivity contribution in [1.29, 1.82) is 0 Å². The third-order valence-electron chi connectivity index (χ3n) is 5.39. The van der Waals surface area contributed by atoms with E-state index in [1.54, 1.807) is 6.20 Å². The van der Waals surface area contributed by atoms with Gasteiger partial charge in [0.25, 0.3) is 5.91 Å². The number of nitrogens with zero attached hydrogens (tertiary/aromatic N) is 3. The van der Waals surface area contributed by atoms with Gasteiger partial charge in [0.05, 0.1) is 6.20 Å². The smallest absolute Gasteiger partial charge is 0.265 e. The summed E-state index contributed by atoms with van der Waals surface area (Å²) in [7, 11) is 2.13. The van der Waals surface area contributed by atoms with Crippen LogP contribution in [-0.4, -0.2) is 66.8 Å². The molecule has 1 saturated heterocycles. The molecule has 7 nitrogen and oxygen atoms in total. The monoisotopic (exact) mass is 427 g/mol. The van der Waals surface area contributed by atoms with Crippen LogP contribution in [0.25, 0.3) is 10.9 Å². The van der Waals surface area contributed by atoms with E-state index in [-0.39, 0.29) is 12.1 Å². The second-order valence-corrected chi connectivity index (χ2v) is 8.70. The number of benzene rings is 1. The van der Waals surface area contributed by atoms with Crippen molar-refractivity contribution in [3.05, 3.63) is 47.1 Å². The Labute approximate surface area is 181 Å². The fraction of sp³-hybridized carbons (Fsp3) is 0.455. The van der Waals surface area contributed by atoms with Crippen LogP contribution in [0.5, 0.6) is 0 Å². The number of likely N-dealkylation sites (N-methyl/N-ethyl adjacent to an activating group) is 1. The van der Waals surface area contributed by atoms with Gasteiger partial charge in [0, 0.05) is 56.3 Å². The molecule has 1 amide bonds. The zero-order valence-corrected chi connectivity index (χ0v) is 18.4. The van der Waals surface area contributed by atoms with Crippen LogP contribution in [0.3, 0.4) is 0 Å². The Balaban J connectivity index is 1.43. The summed E-state index contributed by atoms with van der Waals surface area (Å²) >= 11 is 1.45. The lowest BCUT2D eigenvalue weighted by Gasteiger charge is -2.32. The first-order valence-corrected chi connectivity index (χ1v) is 11.3. The van der Waals surface area contributed by atoms with Crippen molar-refractivity contribution < 1.29 is 9.53 Å². The highest BCUT2D eigenvalue weighted by molar-refractivity contribution is 7.17. The largest absolute Gasteiger partial charge is 0.361 e. The molecule has 0 saturated carbocycles. The maximum Gasteiger partial charge on any atom is 0.265 e. The number of piperazine rings is 1. The van der Waals surface area contributed by atoms with E-state index >= 15 is 0 Å². The lowest BCUT2D eigenvalue weighted by molar-refractivity contribution is 0.0287. The highest BCUT2D eigenvalue weighted by Crippen LogP contribution is 2.24. The van der Waals surface area contributed by atoms with Crippen LogP contribution in [0.2, 0.25) is 0 Å². The molecule has 160 valence electrons. The van der Waals surface area contributed by atoms with Crippen LogP contribution in [0.15, 0.2) is 36.7 Å². The van der Waals surface area contributed by atoms with Gasteiger partial charge in [0.15, 0.2) is 5.13 Å². The molecule has 1 atom stereocenters. The minimum Gasteiger partial charge on any atom is -0.361 e. The van der Waals surface area contributed by atoms with Gasteiger partial charge in [-0.25, -0.2) is 4.98 Å². The number of ether oxygens (including phenoxy) is 1. The number of carbonyl (C=O) groups is 1. The molecule has 1 aliphatic heterocycles. The van der Waals surface area contributed by atoms with E-state index in [0.717, 1.165) is 54.2 Å². The van der Waals surface area contributed by atoms with Gasteiger partial charge in [-0.3, -0.25) is 4.79 Å². The third-order valence-corrected chi connectivity index (χ3v) is 6.44. The summed E-state index contributed by atoms with van der Waals surface area (Å²) in [6.45, 7) is 6.57. The number of hydrogen-bond acceptors (Lipinski definition) is 6. The van der Waals surface area contributed by atoms with Crippen LogP contribution in [0.1, 0.15) is 28.6 Å². The first-order valence-electron chi connectivity index (χ1n) is 10.5. The molecule has 2 aromatic heterocycles. The van der Waals surface area contributed by atoms with Gasteiger partial charge < -0.3 is 24.8 Å².